The third-order valence-electron chi connectivity index (χ3n) is 2.47. The lowest BCUT2D eigenvalue weighted by molar-refractivity contribution is -0.126. The second kappa shape index (κ2) is 6.61. The zero-order valence-electron chi connectivity index (χ0n) is 11.7. The van der Waals surface area contributed by atoms with E-state index in [1.807, 2.05) is 12.1 Å². The summed E-state index contributed by atoms with van der Waals surface area (Å²) in [5.41, 5.74) is 5.98. The maximum atomic E-state index is 11.4. The quantitative estimate of drug-likeness (QED) is 0.659. The first-order valence-electron chi connectivity index (χ1n) is 6.08. The zero-order chi connectivity index (χ0) is 14.5. The van der Waals surface area contributed by atoms with Crippen molar-refractivity contribution in [3.05, 3.63) is 29.8 Å². The molecule has 0 unspecified atom stereocenters. The molecule has 2 amide bonds. The first-order chi connectivity index (χ1) is 8.79. The smallest absolute Gasteiger partial charge is 0.248 e. The van der Waals surface area contributed by atoms with Gasteiger partial charge in [-0.25, -0.2) is 0 Å². The first-order valence-corrected chi connectivity index (χ1v) is 7.06. The Morgan fingerprint density at radius 2 is 1.68 bits per heavy atom. The standard InChI is InChI=1S/C14H20N2O2S/c1-10(17)15-16-13(18)9-19-12-7-5-11(6-8-12)14(2,3)4/h5-8H,9H2,1-4H3,(H,15,17)(H,16,18). The molecule has 4 nitrogen and oxygen atoms in total. The average molecular weight is 280 g/mol. The molecule has 1 rings (SSSR count). The Hall–Kier alpha value is -1.49. The van der Waals surface area contributed by atoms with Crippen molar-refractivity contribution < 1.29 is 9.59 Å². The van der Waals surface area contributed by atoms with Crippen LogP contribution in [0.1, 0.15) is 33.3 Å². The van der Waals surface area contributed by atoms with E-state index in [2.05, 4.69) is 43.8 Å². The number of amides is 2. The largest absolute Gasteiger partial charge is 0.274 e. The zero-order valence-corrected chi connectivity index (χ0v) is 12.6. The molecule has 0 heterocycles. The highest BCUT2D eigenvalue weighted by Crippen LogP contribution is 2.25. The molecule has 0 spiro atoms. The molecule has 0 bridgehead atoms. The maximum absolute atomic E-state index is 11.4. The fourth-order valence-corrected chi connectivity index (χ4v) is 2.09. The van der Waals surface area contributed by atoms with E-state index < -0.39 is 0 Å². The van der Waals surface area contributed by atoms with Crippen LogP contribution in [0.5, 0.6) is 0 Å². The number of thioether (sulfide) groups is 1. The summed E-state index contributed by atoms with van der Waals surface area (Å²) in [6.45, 7) is 7.83. The molecule has 2 N–H and O–H groups in total. The molecule has 0 fully saturated rings. The van der Waals surface area contributed by atoms with Crippen molar-refractivity contribution in [3.8, 4) is 0 Å². The van der Waals surface area contributed by atoms with Crippen LogP contribution < -0.4 is 10.9 Å². The Labute approximate surface area is 118 Å². The van der Waals surface area contributed by atoms with Crippen molar-refractivity contribution in [2.45, 2.75) is 38.0 Å². The molecule has 104 valence electrons. The van der Waals surface area contributed by atoms with E-state index in [0.29, 0.717) is 0 Å². The van der Waals surface area contributed by atoms with Crippen molar-refractivity contribution >= 4 is 23.6 Å². The topological polar surface area (TPSA) is 58.2 Å². The molecule has 0 aliphatic rings. The Kier molecular flexibility index (Phi) is 5.42. The predicted octanol–water partition coefficient (Wildman–Crippen LogP) is 2.24. The molecule has 1 aromatic carbocycles. The van der Waals surface area contributed by atoms with E-state index >= 15 is 0 Å². The van der Waals surface area contributed by atoms with Crippen LogP contribution in [0.25, 0.3) is 0 Å². The van der Waals surface area contributed by atoms with Gasteiger partial charge in [0, 0.05) is 11.8 Å². The summed E-state index contributed by atoms with van der Waals surface area (Å²) in [5.74, 6) is -0.234. The van der Waals surface area contributed by atoms with Crippen LogP contribution in [-0.2, 0) is 15.0 Å². The highest BCUT2D eigenvalue weighted by atomic mass is 32.2. The summed E-state index contributed by atoms with van der Waals surface area (Å²) in [6, 6.07) is 8.18. The Bertz CT molecular complexity index is 450. The van der Waals surface area contributed by atoms with Crippen LogP contribution in [0.4, 0.5) is 0 Å². The van der Waals surface area contributed by atoms with Crippen molar-refractivity contribution in [2.24, 2.45) is 0 Å². The fraction of sp³-hybridized carbons (Fsp3) is 0.429. The van der Waals surface area contributed by atoms with Gasteiger partial charge in [-0.05, 0) is 23.1 Å². The van der Waals surface area contributed by atoms with Gasteiger partial charge in [0.1, 0.15) is 0 Å². The van der Waals surface area contributed by atoms with Gasteiger partial charge in [0.15, 0.2) is 0 Å². The van der Waals surface area contributed by atoms with Gasteiger partial charge in [0.05, 0.1) is 5.75 Å². The van der Waals surface area contributed by atoms with Crippen LogP contribution in [0.2, 0.25) is 0 Å². The molecule has 0 aliphatic carbocycles. The van der Waals surface area contributed by atoms with Gasteiger partial charge in [-0.15, -0.1) is 11.8 Å². The molecule has 0 radical (unpaired) electrons. The number of carbonyl (C=O) groups excluding carboxylic acids is 2. The minimum atomic E-state index is -0.284. The Morgan fingerprint density at radius 3 is 2.16 bits per heavy atom. The number of hydrogen-bond acceptors (Lipinski definition) is 3. The van der Waals surface area contributed by atoms with E-state index in [-0.39, 0.29) is 23.0 Å². The van der Waals surface area contributed by atoms with Crippen LogP contribution in [0.15, 0.2) is 29.2 Å². The Morgan fingerprint density at radius 1 is 1.11 bits per heavy atom. The third kappa shape index (κ3) is 5.79. The van der Waals surface area contributed by atoms with Gasteiger partial charge in [0.25, 0.3) is 0 Å². The van der Waals surface area contributed by atoms with E-state index in [4.69, 9.17) is 0 Å². The number of carbonyl (C=O) groups is 2. The van der Waals surface area contributed by atoms with Crippen molar-refractivity contribution in [3.63, 3.8) is 0 Å². The van der Waals surface area contributed by atoms with Crippen LogP contribution in [0, 0.1) is 0 Å². The normalized spacial score (nSPS) is 10.9. The number of hydrazine groups is 1. The van der Waals surface area contributed by atoms with Crippen molar-refractivity contribution in [1.29, 1.82) is 0 Å². The highest BCUT2D eigenvalue weighted by Gasteiger charge is 2.13. The third-order valence-corrected chi connectivity index (χ3v) is 3.48. The van der Waals surface area contributed by atoms with Crippen molar-refractivity contribution in [1.82, 2.24) is 10.9 Å². The van der Waals surface area contributed by atoms with Gasteiger partial charge >= 0.3 is 0 Å². The van der Waals surface area contributed by atoms with Crippen LogP contribution >= 0.6 is 11.8 Å². The molecule has 5 heteroatoms. The molecule has 19 heavy (non-hydrogen) atoms. The number of rotatable bonds is 3. The van der Waals surface area contributed by atoms with Crippen LogP contribution in [0.3, 0.4) is 0 Å². The van der Waals surface area contributed by atoms with Gasteiger partial charge in [-0.2, -0.15) is 0 Å². The average Bonchev–Trinajstić information content (AvgIpc) is 2.33. The minimum Gasteiger partial charge on any atom is -0.274 e. The molecule has 0 atom stereocenters. The maximum Gasteiger partial charge on any atom is 0.248 e. The summed E-state index contributed by atoms with van der Waals surface area (Å²) >= 11 is 1.44. The second-order valence-electron chi connectivity index (χ2n) is 5.29. The van der Waals surface area contributed by atoms with Crippen LogP contribution in [-0.4, -0.2) is 17.6 Å². The Balaban J connectivity index is 2.46. The van der Waals surface area contributed by atoms with Crippen molar-refractivity contribution in [2.75, 3.05) is 5.75 Å². The summed E-state index contributed by atoms with van der Waals surface area (Å²) in [6.07, 6.45) is 0. The van der Waals surface area contributed by atoms with E-state index in [0.717, 1.165) is 4.90 Å². The first kappa shape index (κ1) is 15.6. The summed E-state index contributed by atoms with van der Waals surface area (Å²) < 4.78 is 0. The fourth-order valence-electron chi connectivity index (χ4n) is 1.39. The SMILES string of the molecule is CC(=O)NNC(=O)CSc1ccc(C(C)(C)C)cc1. The van der Waals surface area contributed by atoms with Gasteiger partial charge in [-0.3, -0.25) is 20.4 Å². The molecular formula is C14H20N2O2S. The monoisotopic (exact) mass is 280 g/mol. The highest BCUT2D eigenvalue weighted by molar-refractivity contribution is 8.00. The lowest BCUT2D eigenvalue weighted by Gasteiger charge is -2.19. The minimum absolute atomic E-state index is 0.131. The summed E-state index contributed by atoms with van der Waals surface area (Å²) in [5, 5.41) is 0. The number of nitrogens with one attached hydrogen (secondary N) is 2. The number of hydrogen-bond donors (Lipinski definition) is 2. The van der Waals surface area contributed by atoms with Gasteiger partial charge in [-0.1, -0.05) is 32.9 Å². The van der Waals surface area contributed by atoms with Gasteiger partial charge < -0.3 is 0 Å². The molecule has 0 saturated carbocycles. The summed E-state index contributed by atoms with van der Waals surface area (Å²) in [4.78, 5) is 23.1. The molecule has 1 aromatic rings. The number of benzene rings is 1. The predicted molar refractivity (Wildman–Crippen MR) is 77.8 cm³/mol. The van der Waals surface area contributed by atoms with E-state index in [1.54, 1.807) is 0 Å². The molecule has 0 aliphatic heterocycles. The van der Waals surface area contributed by atoms with E-state index in [1.165, 1.54) is 24.2 Å². The molecular weight excluding hydrogens is 260 g/mol. The van der Waals surface area contributed by atoms with E-state index in [9.17, 15) is 9.59 Å². The second-order valence-corrected chi connectivity index (χ2v) is 6.34. The summed E-state index contributed by atoms with van der Waals surface area (Å²) in [7, 11) is 0. The lowest BCUT2D eigenvalue weighted by Crippen LogP contribution is -2.41. The molecule has 0 aromatic heterocycles. The molecule has 0 saturated heterocycles. The lowest BCUT2D eigenvalue weighted by atomic mass is 9.87. The van der Waals surface area contributed by atoms with Gasteiger partial charge in [0.2, 0.25) is 11.8 Å².